The molecule has 1 heterocycles. The summed E-state index contributed by atoms with van der Waals surface area (Å²) in [6, 6.07) is 7.79. The van der Waals surface area contributed by atoms with Gasteiger partial charge in [0.05, 0.1) is 18.7 Å². The SMILES string of the molecule is CC#CN1CC(Oc2cccc(C(F)(F)F)c2)C1. The molecular weight excluding hydrogens is 243 g/mol. The van der Waals surface area contributed by atoms with Crippen molar-refractivity contribution in [1.82, 2.24) is 4.90 Å². The fourth-order valence-corrected chi connectivity index (χ4v) is 1.70. The third kappa shape index (κ3) is 2.89. The van der Waals surface area contributed by atoms with Crippen LogP contribution in [0.5, 0.6) is 5.75 Å². The maximum Gasteiger partial charge on any atom is 0.416 e. The van der Waals surface area contributed by atoms with E-state index in [1.807, 2.05) is 4.90 Å². The molecule has 0 radical (unpaired) electrons. The first-order chi connectivity index (χ1) is 8.49. The van der Waals surface area contributed by atoms with Crippen molar-refractivity contribution in [3.8, 4) is 17.7 Å². The average Bonchev–Trinajstić information content (AvgIpc) is 2.26. The second-order valence-electron chi connectivity index (χ2n) is 4.03. The minimum Gasteiger partial charge on any atom is -0.487 e. The van der Waals surface area contributed by atoms with E-state index in [1.165, 1.54) is 12.1 Å². The van der Waals surface area contributed by atoms with E-state index in [-0.39, 0.29) is 11.9 Å². The lowest BCUT2D eigenvalue weighted by Crippen LogP contribution is -2.51. The summed E-state index contributed by atoms with van der Waals surface area (Å²) in [4.78, 5) is 1.86. The maximum absolute atomic E-state index is 12.5. The predicted molar refractivity (Wildman–Crippen MR) is 60.9 cm³/mol. The summed E-state index contributed by atoms with van der Waals surface area (Å²) in [5, 5.41) is 0. The molecule has 2 rings (SSSR count). The zero-order valence-electron chi connectivity index (χ0n) is 9.79. The fourth-order valence-electron chi connectivity index (χ4n) is 1.70. The van der Waals surface area contributed by atoms with Gasteiger partial charge in [0.1, 0.15) is 11.9 Å². The number of likely N-dealkylation sites (tertiary alicyclic amines) is 1. The second-order valence-corrected chi connectivity index (χ2v) is 4.03. The van der Waals surface area contributed by atoms with Gasteiger partial charge in [-0.3, -0.25) is 0 Å². The summed E-state index contributed by atoms with van der Waals surface area (Å²) in [5.74, 6) is 3.00. The highest BCUT2D eigenvalue weighted by Gasteiger charge is 2.31. The maximum atomic E-state index is 12.5. The van der Waals surface area contributed by atoms with Gasteiger partial charge in [-0.2, -0.15) is 13.2 Å². The summed E-state index contributed by atoms with van der Waals surface area (Å²) in [5.41, 5.74) is -0.690. The number of rotatable bonds is 2. The first-order valence-corrected chi connectivity index (χ1v) is 5.50. The zero-order valence-corrected chi connectivity index (χ0v) is 9.79. The smallest absolute Gasteiger partial charge is 0.416 e. The Morgan fingerprint density at radius 2 is 2.06 bits per heavy atom. The molecule has 96 valence electrons. The van der Waals surface area contributed by atoms with Gasteiger partial charge in [0.2, 0.25) is 0 Å². The molecule has 0 amide bonds. The van der Waals surface area contributed by atoms with Crippen molar-refractivity contribution in [2.45, 2.75) is 19.2 Å². The Kier molecular flexibility index (Phi) is 3.37. The van der Waals surface area contributed by atoms with Crippen LogP contribution in [-0.2, 0) is 6.18 Å². The van der Waals surface area contributed by atoms with Crippen LogP contribution in [0.25, 0.3) is 0 Å². The molecule has 0 spiro atoms. The lowest BCUT2D eigenvalue weighted by Gasteiger charge is -2.36. The van der Waals surface area contributed by atoms with Crippen LogP contribution < -0.4 is 4.74 Å². The Hall–Kier alpha value is -1.83. The highest BCUT2D eigenvalue weighted by molar-refractivity contribution is 5.30. The molecule has 5 heteroatoms. The first-order valence-electron chi connectivity index (χ1n) is 5.50. The van der Waals surface area contributed by atoms with Crippen LogP contribution in [0.1, 0.15) is 12.5 Å². The quantitative estimate of drug-likeness (QED) is 0.753. The van der Waals surface area contributed by atoms with E-state index in [1.54, 1.807) is 6.92 Å². The van der Waals surface area contributed by atoms with Gasteiger partial charge in [-0.05, 0) is 25.1 Å². The van der Waals surface area contributed by atoms with Gasteiger partial charge in [0.25, 0.3) is 0 Å². The third-order valence-electron chi connectivity index (χ3n) is 2.58. The molecule has 0 bridgehead atoms. The van der Waals surface area contributed by atoms with Crippen LogP contribution >= 0.6 is 0 Å². The largest absolute Gasteiger partial charge is 0.487 e. The van der Waals surface area contributed by atoms with Gasteiger partial charge in [-0.25, -0.2) is 0 Å². The lowest BCUT2D eigenvalue weighted by molar-refractivity contribution is -0.137. The second kappa shape index (κ2) is 4.81. The van der Waals surface area contributed by atoms with Crippen LogP contribution in [-0.4, -0.2) is 24.1 Å². The fraction of sp³-hybridized carbons (Fsp3) is 0.385. The third-order valence-corrected chi connectivity index (χ3v) is 2.58. The molecule has 18 heavy (non-hydrogen) atoms. The van der Waals surface area contributed by atoms with Gasteiger partial charge in [0.15, 0.2) is 0 Å². The molecule has 0 N–H and O–H groups in total. The molecule has 1 aliphatic rings. The van der Waals surface area contributed by atoms with Crippen molar-refractivity contribution in [3.05, 3.63) is 29.8 Å². The normalized spacial score (nSPS) is 15.7. The average molecular weight is 255 g/mol. The highest BCUT2D eigenvalue weighted by atomic mass is 19.4. The minimum absolute atomic E-state index is 0.0886. The van der Waals surface area contributed by atoms with E-state index >= 15 is 0 Å². The number of ether oxygens (including phenoxy) is 1. The summed E-state index contributed by atoms with van der Waals surface area (Å²) >= 11 is 0. The van der Waals surface area contributed by atoms with E-state index < -0.39 is 11.7 Å². The van der Waals surface area contributed by atoms with Crippen LogP contribution in [0.2, 0.25) is 0 Å². The van der Waals surface area contributed by atoms with Crippen molar-refractivity contribution in [2.24, 2.45) is 0 Å². The van der Waals surface area contributed by atoms with Gasteiger partial charge in [0, 0.05) is 6.04 Å². The Bertz CT molecular complexity index is 481. The number of benzene rings is 1. The highest BCUT2D eigenvalue weighted by Crippen LogP contribution is 2.31. The molecule has 0 unspecified atom stereocenters. The van der Waals surface area contributed by atoms with E-state index in [2.05, 4.69) is 12.0 Å². The molecule has 0 atom stereocenters. The Morgan fingerprint density at radius 1 is 1.33 bits per heavy atom. The van der Waals surface area contributed by atoms with Crippen molar-refractivity contribution in [3.63, 3.8) is 0 Å². The van der Waals surface area contributed by atoms with Gasteiger partial charge >= 0.3 is 6.18 Å². The van der Waals surface area contributed by atoms with Gasteiger partial charge < -0.3 is 9.64 Å². The molecular formula is C13H12F3NO. The first kappa shape index (κ1) is 12.6. The number of nitrogens with zero attached hydrogens (tertiary/aromatic N) is 1. The van der Waals surface area contributed by atoms with E-state index in [4.69, 9.17) is 4.74 Å². The number of alkyl halides is 3. The Morgan fingerprint density at radius 3 is 2.67 bits per heavy atom. The number of halogens is 3. The van der Waals surface area contributed by atoms with Crippen molar-refractivity contribution in [1.29, 1.82) is 0 Å². The minimum atomic E-state index is -4.33. The van der Waals surface area contributed by atoms with Crippen LogP contribution in [0.3, 0.4) is 0 Å². The molecule has 2 nitrogen and oxygen atoms in total. The van der Waals surface area contributed by atoms with Crippen LogP contribution in [0, 0.1) is 12.0 Å². The lowest BCUT2D eigenvalue weighted by atomic mass is 10.1. The van der Waals surface area contributed by atoms with Gasteiger partial charge in [-0.1, -0.05) is 12.0 Å². The summed E-state index contributed by atoms with van der Waals surface area (Å²) in [6.45, 7) is 2.98. The summed E-state index contributed by atoms with van der Waals surface area (Å²) < 4.78 is 42.9. The standard InChI is InChI=1S/C13H12F3NO/c1-2-6-17-8-12(9-17)18-11-5-3-4-10(7-11)13(14,15)16/h3-5,7,12H,8-9H2,1H3. The van der Waals surface area contributed by atoms with Crippen LogP contribution in [0.4, 0.5) is 13.2 Å². The zero-order chi connectivity index (χ0) is 13.2. The summed E-state index contributed by atoms with van der Waals surface area (Å²) in [7, 11) is 0. The predicted octanol–water partition coefficient (Wildman–Crippen LogP) is 2.75. The molecule has 1 saturated heterocycles. The molecule has 1 fully saturated rings. The molecule has 0 aliphatic carbocycles. The van der Waals surface area contributed by atoms with Crippen molar-refractivity contribution < 1.29 is 17.9 Å². The van der Waals surface area contributed by atoms with Crippen molar-refractivity contribution >= 4 is 0 Å². The van der Waals surface area contributed by atoms with E-state index in [0.717, 1.165) is 12.1 Å². The molecule has 0 saturated carbocycles. The van der Waals surface area contributed by atoms with Crippen LogP contribution in [0.15, 0.2) is 24.3 Å². The molecule has 1 aliphatic heterocycles. The molecule has 0 aromatic heterocycles. The van der Waals surface area contributed by atoms with E-state index in [0.29, 0.717) is 13.1 Å². The molecule has 1 aromatic rings. The molecule has 1 aromatic carbocycles. The Balaban J connectivity index is 1.96. The topological polar surface area (TPSA) is 12.5 Å². The summed E-state index contributed by atoms with van der Waals surface area (Å²) in [6.07, 6.45) is -4.42. The number of hydrogen-bond donors (Lipinski definition) is 0. The monoisotopic (exact) mass is 255 g/mol. The van der Waals surface area contributed by atoms with E-state index in [9.17, 15) is 13.2 Å². The van der Waals surface area contributed by atoms with Crippen molar-refractivity contribution in [2.75, 3.05) is 13.1 Å². The van der Waals surface area contributed by atoms with Gasteiger partial charge in [-0.15, -0.1) is 0 Å². The Labute approximate surface area is 103 Å². The number of hydrogen-bond acceptors (Lipinski definition) is 2.